The van der Waals surface area contributed by atoms with Crippen LogP contribution in [0.2, 0.25) is 0 Å². The Morgan fingerprint density at radius 1 is 1.25 bits per heavy atom. The molecule has 1 saturated heterocycles. The van der Waals surface area contributed by atoms with E-state index >= 15 is 0 Å². The van der Waals surface area contributed by atoms with E-state index in [0.29, 0.717) is 31.3 Å². The lowest BCUT2D eigenvalue weighted by Gasteiger charge is -2.33. The molecule has 0 saturated carbocycles. The van der Waals surface area contributed by atoms with Crippen LogP contribution in [0.4, 0.5) is 4.79 Å². The van der Waals surface area contributed by atoms with Crippen molar-refractivity contribution in [1.82, 2.24) is 30.1 Å². The highest BCUT2D eigenvalue weighted by molar-refractivity contribution is 5.74. The Morgan fingerprint density at radius 2 is 2.11 bits per heavy atom. The van der Waals surface area contributed by atoms with Gasteiger partial charge in [0.2, 0.25) is 5.89 Å². The van der Waals surface area contributed by atoms with E-state index in [1.807, 2.05) is 29.1 Å². The van der Waals surface area contributed by atoms with E-state index in [1.54, 1.807) is 18.0 Å². The maximum Gasteiger partial charge on any atom is 0.318 e. The van der Waals surface area contributed by atoms with Crippen LogP contribution in [0.5, 0.6) is 0 Å². The molecule has 28 heavy (non-hydrogen) atoms. The molecule has 3 aromatic rings. The number of likely N-dealkylation sites (tertiary alicyclic amines) is 1. The van der Waals surface area contributed by atoms with Crippen LogP contribution < -0.4 is 5.32 Å². The smallest absolute Gasteiger partial charge is 0.318 e. The van der Waals surface area contributed by atoms with Crippen LogP contribution in [0.1, 0.15) is 48.1 Å². The molecule has 1 aliphatic heterocycles. The van der Waals surface area contributed by atoms with E-state index in [9.17, 15) is 4.79 Å². The third-order valence-electron chi connectivity index (χ3n) is 4.91. The number of piperidine rings is 1. The maximum absolute atomic E-state index is 12.8. The lowest BCUT2D eigenvalue weighted by atomic mass is 10.0. The zero-order valence-corrected chi connectivity index (χ0v) is 15.9. The molecule has 2 amide bonds. The van der Waals surface area contributed by atoms with Crippen LogP contribution in [0.15, 0.2) is 47.2 Å². The molecule has 1 aliphatic rings. The zero-order valence-electron chi connectivity index (χ0n) is 15.9. The summed E-state index contributed by atoms with van der Waals surface area (Å²) in [6.07, 6.45) is 6.61. The predicted molar refractivity (Wildman–Crippen MR) is 102 cm³/mol. The maximum atomic E-state index is 12.8. The molecule has 8 nitrogen and oxygen atoms in total. The van der Waals surface area contributed by atoms with Gasteiger partial charge >= 0.3 is 6.03 Å². The Labute approximate surface area is 163 Å². The molecule has 4 rings (SSSR count). The van der Waals surface area contributed by atoms with Gasteiger partial charge in [0.1, 0.15) is 6.04 Å². The molecule has 2 aromatic heterocycles. The van der Waals surface area contributed by atoms with Crippen LogP contribution in [0.25, 0.3) is 0 Å². The summed E-state index contributed by atoms with van der Waals surface area (Å²) in [5, 5.41) is 11.2. The Kier molecular flexibility index (Phi) is 5.36. The molecule has 0 unspecified atom stereocenters. The SMILES string of the molecule is Cc1noc([C@@H]2CCCCN2C(=O)NCc2cnn(Cc3ccccc3)c2)n1. The van der Waals surface area contributed by atoms with Gasteiger partial charge in [-0.25, -0.2) is 4.79 Å². The van der Waals surface area contributed by atoms with Gasteiger partial charge in [-0.15, -0.1) is 0 Å². The number of carbonyl (C=O) groups excluding carboxylic acids is 1. The van der Waals surface area contributed by atoms with Gasteiger partial charge in [0.15, 0.2) is 5.82 Å². The van der Waals surface area contributed by atoms with E-state index < -0.39 is 0 Å². The van der Waals surface area contributed by atoms with Crippen LogP contribution in [-0.2, 0) is 13.1 Å². The summed E-state index contributed by atoms with van der Waals surface area (Å²) in [4.78, 5) is 18.9. The van der Waals surface area contributed by atoms with Gasteiger partial charge in [0.25, 0.3) is 0 Å². The molecule has 0 radical (unpaired) electrons. The quantitative estimate of drug-likeness (QED) is 0.735. The van der Waals surface area contributed by atoms with Crippen LogP contribution in [-0.4, -0.2) is 37.4 Å². The minimum Gasteiger partial charge on any atom is -0.337 e. The molecule has 8 heteroatoms. The molecule has 0 bridgehead atoms. The fourth-order valence-electron chi connectivity index (χ4n) is 3.51. The highest BCUT2D eigenvalue weighted by Gasteiger charge is 2.31. The third kappa shape index (κ3) is 4.21. The number of urea groups is 1. The number of nitrogens with zero attached hydrogens (tertiary/aromatic N) is 5. The first kappa shape index (κ1) is 18.2. The summed E-state index contributed by atoms with van der Waals surface area (Å²) in [6.45, 7) is 3.61. The van der Waals surface area contributed by atoms with Crippen LogP contribution in [0.3, 0.4) is 0 Å². The van der Waals surface area contributed by atoms with Crippen molar-refractivity contribution in [1.29, 1.82) is 0 Å². The average molecular weight is 380 g/mol. The molecular formula is C20H24N6O2. The number of benzene rings is 1. The molecule has 1 aromatic carbocycles. The predicted octanol–water partition coefficient (Wildman–Crippen LogP) is 3.06. The molecule has 0 aliphatic carbocycles. The van der Waals surface area contributed by atoms with Crippen LogP contribution in [0, 0.1) is 6.92 Å². The van der Waals surface area contributed by atoms with Crippen molar-refractivity contribution in [3.8, 4) is 0 Å². The van der Waals surface area contributed by atoms with Crippen molar-refractivity contribution in [2.45, 2.75) is 45.3 Å². The lowest BCUT2D eigenvalue weighted by Crippen LogP contribution is -2.44. The van der Waals surface area contributed by atoms with Gasteiger partial charge in [-0.1, -0.05) is 35.5 Å². The number of carbonyl (C=O) groups is 1. The third-order valence-corrected chi connectivity index (χ3v) is 4.91. The van der Waals surface area contributed by atoms with E-state index in [0.717, 1.165) is 24.8 Å². The van der Waals surface area contributed by atoms with Gasteiger partial charge in [-0.05, 0) is 31.7 Å². The molecule has 0 spiro atoms. The average Bonchev–Trinajstić information content (AvgIpc) is 3.36. The van der Waals surface area contributed by atoms with Gasteiger partial charge in [-0.3, -0.25) is 4.68 Å². The second kappa shape index (κ2) is 8.24. The molecule has 1 fully saturated rings. The van der Waals surface area contributed by atoms with Crippen molar-refractivity contribution in [2.24, 2.45) is 0 Å². The molecule has 146 valence electrons. The van der Waals surface area contributed by atoms with Gasteiger partial charge in [0.05, 0.1) is 12.7 Å². The second-order valence-electron chi connectivity index (χ2n) is 7.08. The normalized spacial score (nSPS) is 16.9. The van der Waals surface area contributed by atoms with Crippen molar-refractivity contribution in [3.05, 3.63) is 65.6 Å². The first-order chi connectivity index (χ1) is 13.7. The van der Waals surface area contributed by atoms with E-state index in [-0.39, 0.29) is 12.1 Å². The minimum absolute atomic E-state index is 0.114. The lowest BCUT2D eigenvalue weighted by molar-refractivity contribution is 0.131. The molecule has 3 heterocycles. The highest BCUT2D eigenvalue weighted by Crippen LogP contribution is 2.29. The Balaban J connectivity index is 1.35. The van der Waals surface area contributed by atoms with E-state index in [4.69, 9.17) is 4.52 Å². The topological polar surface area (TPSA) is 89.1 Å². The summed E-state index contributed by atoms with van der Waals surface area (Å²) < 4.78 is 7.19. The Hall–Kier alpha value is -3.16. The zero-order chi connectivity index (χ0) is 19.3. The number of aromatic nitrogens is 4. The molecule has 1 N–H and O–H groups in total. The standard InChI is InChI=1S/C20H24N6O2/c1-15-23-19(28-24-15)18-9-5-6-10-26(18)20(27)21-11-17-12-22-25(14-17)13-16-7-3-2-4-8-16/h2-4,7-8,12,14,18H,5-6,9-11,13H2,1H3,(H,21,27)/t18-/m0/s1. The fourth-order valence-corrected chi connectivity index (χ4v) is 3.51. The van der Waals surface area contributed by atoms with Gasteiger partial charge < -0.3 is 14.7 Å². The first-order valence-corrected chi connectivity index (χ1v) is 9.59. The Bertz CT molecular complexity index is 920. The number of nitrogens with one attached hydrogen (secondary N) is 1. The Morgan fingerprint density at radius 3 is 2.89 bits per heavy atom. The van der Waals surface area contributed by atoms with Crippen molar-refractivity contribution >= 4 is 6.03 Å². The number of amides is 2. The number of aryl methyl sites for hydroxylation is 1. The number of rotatable bonds is 5. The first-order valence-electron chi connectivity index (χ1n) is 9.59. The number of hydrogen-bond acceptors (Lipinski definition) is 5. The molecular weight excluding hydrogens is 356 g/mol. The summed E-state index contributed by atoms with van der Waals surface area (Å²) >= 11 is 0. The van der Waals surface area contributed by atoms with Crippen molar-refractivity contribution < 1.29 is 9.32 Å². The van der Waals surface area contributed by atoms with E-state index in [2.05, 4.69) is 32.7 Å². The summed E-state index contributed by atoms with van der Waals surface area (Å²) in [5.74, 6) is 1.11. The monoisotopic (exact) mass is 380 g/mol. The van der Waals surface area contributed by atoms with E-state index in [1.165, 1.54) is 5.56 Å². The molecule has 1 atom stereocenters. The summed E-state index contributed by atoms with van der Waals surface area (Å²) in [6, 6.07) is 9.89. The summed E-state index contributed by atoms with van der Waals surface area (Å²) in [5.41, 5.74) is 2.15. The van der Waals surface area contributed by atoms with Crippen LogP contribution >= 0.6 is 0 Å². The van der Waals surface area contributed by atoms with Gasteiger partial charge in [0, 0.05) is 24.8 Å². The van der Waals surface area contributed by atoms with Crippen molar-refractivity contribution in [2.75, 3.05) is 6.54 Å². The minimum atomic E-state index is -0.157. The number of hydrogen-bond donors (Lipinski definition) is 1. The van der Waals surface area contributed by atoms with Crippen molar-refractivity contribution in [3.63, 3.8) is 0 Å². The fraction of sp³-hybridized carbons (Fsp3) is 0.400. The second-order valence-corrected chi connectivity index (χ2v) is 7.08. The highest BCUT2D eigenvalue weighted by atomic mass is 16.5. The largest absolute Gasteiger partial charge is 0.337 e. The summed E-state index contributed by atoms with van der Waals surface area (Å²) in [7, 11) is 0. The van der Waals surface area contributed by atoms with Gasteiger partial charge in [-0.2, -0.15) is 10.1 Å².